The van der Waals surface area contributed by atoms with E-state index in [2.05, 4.69) is 40.3 Å². The standard InChI is InChI=1S/C28H33N5O2/c1-3-14-35-20-11-8-18(9-12-20)17-30-23-6-5-7-26(22-16-21(22)23)33(4-2)28(34)27-31-24-13-10-19(29)15-25(24)32-27/h1,8-13,15,21-23,26,30H,4-7,14,16-17,29H2,2H3,(H,31,32)/t21?,22-,23-,26+/m1/s1. The zero-order chi connectivity index (χ0) is 24.4. The number of hydrogen-bond acceptors (Lipinski definition) is 5. The van der Waals surface area contributed by atoms with Gasteiger partial charge in [-0.15, -0.1) is 6.42 Å². The molecule has 1 heterocycles. The Hall–Kier alpha value is -3.50. The number of nitrogens with one attached hydrogen (secondary N) is 2. The highest BCUT2D eigenvalue weighted by molar-refractivity contribution is 5.94. The van der Waals surface area contributed by atoms with Crippen LogP contribution in [0.1, 0.15) is 48.8 Å². The molecule has 1 aromatic heterocycles. The van der Waals surface area contributed by atoms with Crippen molar-refractivity contribution in [3.05, 3.63) is 53.9 Å². The van der Waals surface area contributed by atoms with E-state index in [9.17, 15) is 4.79 Å². The lowest BCUT2D eigenvalue weighted by molar-refractivity contribution is 0.0642. The number of carbonyl (C=O) groups is 1. The molecule has 0 saturated heterocycles. The van der Waals surface area contributed by atoms with E-state index in [0.717, 1.165) is 42.6 Å². The molecule has 182 valence electrons. The molecule has 2 aliphatic carbocycles. The van der Waals surface area contributed by atoms with E-state index in [1.165, 1.54) is 12.0 Å². The number of amides is 1. The van der Waals surface area contributed by atoms with Gasteiger partial charge in [0.15, 0.2) is 5.82 Å². The zero-order valence-corrected chi connectivity index (χ0v) is 20.2. The minimum Gasteiger partial charge on any atom is -0.481 e. The molecule has 7 heteroatoms. The highest BCUT2D eigenvalue weighted by Crippen LogP contribution is 2.50. The topological polar surface area (TPSA) is 96.3 Å². The first-order valence-corrected chi connectivity index (χ1v) is 12.5. The lowest BCUT2D eigenvalue weighted by atomic mass is 10.0. The van der Waals surface area contributed by atoms with Crippen molar-refractivity contribution < 1.29 is 9.53 Å². The number of H-pyrrole nitrogens is 1. The predicted octanol–water partition coefficient (Wildman–Crippen LogP) is 3.97. The molecule has 0 radical (unpaired) electrons. The Balaban J connectivity index is 1.21. The van der Waals surface area contributed by atoms with Crippen molar-refractivity contribution in [3.8, 4) is 18.1 Å². The Bertz CT molecular complexity index is 1230. The summed E-state index contributed by atoms with van der Waals surface area (Å²) in [6.45, 7) is 3.85. The molecule has 0 aliphatic heterocycles. The number of ether oxygens (including phenoxy) is 1. The van der Waals surface area contributed by atoms with Crippen molar-refractivity contribution in [2.24, 2.45) is 11.8 Å². The van der Waals surface area contributed by atoms with Gasteiger partial charge in [-0.05, 0) is 80.3 Å². The van der Waals surface area contributed by atoms with Gasteiger partial charge < -0.3 is 25.7 Å². The van der Waals surface area contributed by atoms with Crippen LogP contribution in [0.3, 0.4) is 0 Å². The number of benzene rings is 2. The fourth-order valence-electron chi connectivity index (χ4n) is 5.62. The fourth-order valence-corrected chi connectivity index (χ4v) is 5.62. The van der Waals surface area contributed by atoms with E-state index in [0.29, 0.717) is 35.9 Å². The lowest BCUT2D eigenvalue weighted by Crippen LogP contribution is -2.42. The first-order valence-electron chi connectivity index (χ1n) is 12.5. The number of nitrogens with two attached hydrogens (primary N) is 1. The smallest absolute Gasteiger partial charge is 0.289 e. The molecule has 35 heavy (non-hydrogen) atoms. The normalized spacial score (nSPS) is 23.2. The second kappa shape index (κ2) is 10.0. The first kappa shape index (κ1) is 23.3. The molecule has 7 nitrogen and oxygen atoms in total. The average molecular weight is 472 g/mol. The van der Waals surface area contributed by atoms with Crippen LogP contribution >= 0.6 is 0 Å². The highest BCUT2D eigenvalue weighted by atomic mass is 16.5. The number of terminal acetylenes is 1. The van der Waals surface area contributed by atoms with E-state index < -0.39 is 0 Å². The third-order valence-corrected chi connectivity index (χ3v) is 7.44. The van der Waals surface area contributed by atoms with E-state index in [-0.39, 0.29) is 18.6 Å². The predicted molar refractivity (Wildman–Crippen MR) is 138 cm³/mol. The summed E-state index contributed by atoms with van der Waals surface area (Å²) in [5.41, 5.74) is 9.33. The third kappa shape index (κ3) is 4.98. The van der Waals surface area contributed by atoms with E-state index in [1.807, 2.05) is 29.2 Å². The molecular weight excluding hydrogens is 438 g/mol. The number of hydrogen-bond donors (Lipinski definition) is 3. The zero-order valence-electron chi connectivity index (χ0n) is 20.2. The average Bonchev–Trinajstić information content (AvgIpc) is 3.57. The molecule has 4 N–H and O–H groups in total. The summed E-state index contributed by atoms with van der Waals surface area (Å²) in [6, 6.07) is 14.3. The van der Waals surface area contributed by atoms with Crippen molar-refractivity contribution in [2.75, 3.05) is 18.9 Å². The second-order valence-electron chi connectivity index (χ2n) is 9.64. The molecule has 2 saturated carbocycles. The van der Waals surface area contributed by atoms with Crippen molar-refractivity contribution in [1.82, 2.24) is 20.2 Å². The summed E-state index contributed by atoms with van der Waals surface area (Å²) in [7, 11) is 0. The Morgan fingerprint density at radius 1 is 1.26 bits per heavy atom. The van der Waals surface area contributed by atoms with Crippen LogP contribution in [0, 0.1) is 24.2 Å². The number of rotatable bonds is 8. The van der Waals surface area contributed by atoms with Crippen molar-refractivity contribution in [1.29, 1.82) is 0 Å². The minimum absolute atomic E-state index is 0.0172. The number of carbonyl (C=O) groups excluding carboxylic acids is 1. The maximum atomic E-state index is 13.5. The van der Waals surface area contributed by atoms with Gasteiger partial charge >= 0.3 is 0 Å². The number of fused-ring (bicyclic) bond motifs is 2. The van der Waals surface area contributed by atoms with Crippen LogP contribution in [0.4, 0.5) is 5.69 Å². The van der Waals surface area contributed by atoms with Crippen molar-refractivity contribution in [3.63, 3.8) is 0 Å². The molecule has 2 fully saturated rings. The molecule has 4 atom stereocenters. The molecule has 0 bridgehead atoms. The van der Waals surface area contributed by atoms with Gasteiger partial charge in [0.1, 0.15) is 12.4 Å². The van der Waals surface area contributed by atoms with Crippen LogP contribution in [-0.4, -0.2) is 46.0 Å². The number of aromatic nitrogens is 2. The highest BCUT2D eigenvalue weighted by Gasteiger charge is 2.51. The molecule has 5 rings (SSSR count). The minimum atomic E-state index is -0.0172. The van der Waals surface area contributed by atoms with Crippen LogP contribution in [0.15, 0.2) is 42.5 Å². The summed E-state index contributed by atoms with van der Waals surface area (Å²) < 4.78 is 5.46. The van der Waals surface area contributed by atoms with Crippen molar-refractivity contribution >= 4 is 22.6 Å². The van der Waals surface area contributed by atoms with E-state index in [1.54, 1.807) is 6.07 Å². The maximum absolute atomic E-state index is 13.5. The van der Waals surface area contributed by atoms with Crippen LogP contribution in [0.25, 0.3) is 11.0 Å². The van der Waals surface area contributed by atoms with E-state index >= 15 is 0 Å². The van der Waals surface area contributed by atoms with Gasteiger partial charge in [0, 0.05) is 30.9 Å². The Labute approximate surface area is 206 Å². The van der Waals surface area contributed by atoms with Gasteiger partial charge in [0.2, 0.25) is 0 Å². The molecule has 1 unspecified atom stereocenters. The molecule has 2 aliphatic rings. The number of nitrogens with zero attached hydrogens (tertiary/aromatic N) is 2. The number of imidazole rings is 1. The van der Waals surface area contributed by atoms with Gasteiger partial charge in [-0.25, -0.2) is 4.98 Å². The number of aromatic amines is 1. The largest absolute Gasteiger partial charge is 0.481 e. The summed E-state index contributed by atoms with van der Waals surface area (Å²) in [4.78, 5) is 23.2. The Morgan fingerprint density at radius 2 is 2.09 bits per heavy atom. The Kier molecular flexibility index (Phi) is 6.65. The van der Waals surface area contributed by atoms with Crippen LogP contribution in [-0.2, 0) is 6.54 Å². The second-order valence-corrected chi connectivity index (χ2v) is 9.64. The van der Waals surface area contributed by atoms with Gasteiger partial charge in [0.05, 0.1) is 11.0 Å². The van der Waals surface area contributed by atoms with E-state index in [4.69, 9.17) is 16.9 Å². The summed E-state index contributed by atoms with van der Waals surface area (Å²) in [5, 5.41) is 3.79. The molecular formula is C28H33N5O2. The maximum Gasteiger partial charge on any atom is 0.289 e. The summed E-state index contributed by atoms with van der Waals surface area (Å²) in [6.07, 6.45) is 9.70. The molecule has 2 aromatic carbocycles. The van der Waals surface area contributed by atoms with Crippen molar-refractivity contribution in [2.45, 2.75) is 51.2 Å². The molecule has 0 spiro atoms. The first-order chi connectivity index (χ1) is 17.1. The SMILES string of the molecule is C#CCOc1ccc(CN[C@@H]2CCC[C@H](N(CC)C(=O)c3nc4cc(N)ccc4[nH]3)[C@@H]3CC32)cc1. The van der Waals surface area contributed by atoms with Gasteiger partial charge in [0.25, 0.3) is 5.91 Å². The number of anilines is 1. The van der Waals surface area contributed by atoms with Crippen LogP contribution in [0.2, 0.25) is 0 Å². The lowest BCUT2D eigenvalue weighted by Gasteiger charge is -2.30. The quantitative estimate of drug-likeness (QED) is 0.341. The van der Waals surface area contributed by atoms with Gasteiger partial charge in [-0.2, -0.15) is 0 Å². The van der Waals surface area contributed by atoms with Crippen LogP contribution in [0.5, 0.6) is 5.75 Å². The summed E-state index contributed by atoms with van der Waals surface area (Å²) in [5.74, 6) is 4.81. The monoisotopic (exact) mass is 471 g/mol. The van der Waals surface area contributed by atoms with Crippen LogP contribution < -0.4 is 15.8 Å². The Morgan fingerprint density at radius 3 is 2.86 bits per heavy atom. The number of nitrogen functional groups attached to an aromatic ring is 1. The fraction of sp³-hybridized carbons (Fsp3) is 0.429. The molecule has 1 amide bonds. The third-order valence-electron chi connectivity index (χ3n) is 7.44. The summed E-state index contributed by atoms with van der Waals surface area (Å²) >= 11 is 0. The van der Waals surface area contributed by atoms with Gasteiger partial charge in [-0.3, -0.25) is 4.79 Å². The molecule has 3 aromatic rings. The van der Waals surface area contributed by atoms with Gasteiger partial charge in [-0.1, -0.05) is 18.1 Å².